The molecule has 0 saturated heterocycles. The molecular formula is C33H31ClN2O5S. The van der Waals surface area contributed by atoms with Crippen molar-refractivity contribution in [2.75, 3.05) is 6.61 Å². The lowest BCUT2D eigenvalue weighted by Gasteiger charge is -2.25. The van der Waals surface area contributed by atoms with Gasteiger partial charge in [-0.3, -0.25) is 9.36 Å². The monoisotopic (exact) mass is 602 g/mol. The van der Waals surface area contributed by atoms with Crippen LogP contribution in [0.1, 0.15) is 50.4 Å². The second-order valence-corrected chi connectivity index (χ2v) is 11.5. The zero-order chi connectivity index (χ0) is 29.8. The van der Waals surface area contributed by atoms with Crippen molar-refractivity contribution in [3.05, 3.63) is 125 Å². The van der Waals surface area contributed by atoms with Crippen LogP contribution in [0.3, 0.4) is 0 Å². The maximum atomic E-state index is 13.9. The Morgan fingerprint density at radius 2 is 1.64 bits per heavy atom. The van der Waals surface area contributed by atoms with Crippen LogP contribution < -0.4 is 24.4 Å². The molecule has 9 heteroatoms. The van der Waals surface area contributed by atoms with Gasteiger partial charge in [-0.2, -0.15) is 0 Å². The molecule has 0 N–H and O–H groups in total. The zero-order valence-corrected chi connectivity index (χ0v) is 25.4. The van der Waals surface area contributed by atoms with Crippen molar-refractivity contribution in [3.8, 4) is 11.5 Å². The molecule has 0 bridgehead atoms. The normalized spacial score (nSPS) is 14.9. The number of hydrogen-bond donors (Lipinski definition) is 0. The first-order valence-electron chi connectivity index (χ1n) is 13.7. The van der Waals surface area contributed by atoms with Crippen LogP contribution in [-0.4, -0.2) is 23.2 Å². The van der Waals surface area contributed by atoms with Crippen LogP contribution in [0.4, 0.5) is 0 Å². The van der Waals surface area contributed by atoms with E-state index in [1.165, 1.54) is 11.3 Å². The molecule has 0 amide bonds. The average Bonchev–Trinajstić information content (AvgIpc) is 3.27. The molecule has 3 aromatic carbocycles. The van der Waals surface area contributed by atoms with E-state index in [1.54, 1.807) is 25.3 Å². The molecule has 1 aromatic heterocycles. The number of rotatable bonds is 9. The van der Waals surface area contributed by atoms with E-state index in [4.69, 9.17) is 25.8 Å². The summed E-state index contributed by atoms with van der Waals surface area (Å²) in [5.74, 6) is 0.929. The fraction of sp³-hybridized carbons (Fsp3) is 0.242. The van der Waals surface area contributed by atoms with Gasteiger partial charge in [-0.05, 0) is 86.9 Å². The number of allylic oxidation sites excluding steroid dienone is 1. The molecule has 216 valence electrons. The number of thiazole rings is 1. The van der Waals surface area contributed by atoms with E-state index in [-0.39, 0.29) is 11.7 Å². The van der Waals surface area contributed by atoms with Gasteiger partial charge in [-0.15, -0.1) is 0 Å². The van der Waals surface area contributed by atoms with E-state index < -0.39 is 12.0 Å². The lowest BCUT2D eigenvalue weighted by molar-refractivity contribution is -0.143. The third-order valence-corrected chi connectivity index (χ3v) is 7.82. The molecule has 1 aliphatic rings. The number of carbonyl (C=O) groups excluding carboxylic acids is 1. The molecule has 1 atom stereocenters. The molecule has 0 aliphatic carbocycles. The van der Waals surface area contributed by atoms with Crippen molar-refractivity contribution in [3.63, 3.8) is 0 Å². The number of esters is 1. The summed E-state index contributed by atoms with van der Waals surface area (Å²) in [4.78, 5) is 32.3. The minimum Gasteiger partial charge on any atom is -0.494 e. The third-order valence-electron chi connectivity index (χ3n) is 6.59. The fourth-order valence-corrected chi connectivity index (χ4v) is 5.82. The Bertz CT molecular complexity index is 1790. The number of carbonyl (C=O) groups is 1. The fourth-order valence-electron chi connectivity index (χ4n) is 4.65. The van der Waals surface area contributed by atoms with Crippen LogP contribution in [0.5, 0.6) is 11.5 Å². The number of aromatic nitrogens is 1. The summed E-state index contributed by atoms with van der Waals surface area (Å²) < 4.78 is 19.2. The van der Waals surface area contributed by atoms with Crippen molar-refractivity contribution in [2.24, 2.45) is 4.99 Å². The zero-order valence-electron chi connectivity index (χ0n) is 23.8. The molecule has 7 nitrogen and oxygen atoms in total. The predicted octanol–water partition coefficient (Wildman–Crippen LogP) is 5.82. The summed E-state index contributed by atoms with van der Waals surface area (Å²) >= 11 is 7.24. The summed E-state index contributed by atoms with van der Waals surface area (Å²) in [7, 11) is 0. The number of benzene rings is 3. The minimum absolute atomic E-state index is 0.233. The highest BCUT2D eigenvalue weighted by molar-refractivity contribution is 7.07. The largest absolute Gasteiger partial charge is 0.494 e. The number of nitrogens with zero attached hydrogens (tertiary/aromatic N) is 2. The van der Waals surface area contributed by atoms with E-state index in [0.717, 1.165) is 16.7 Å². The second-order valence-electron chi connectivity index (χ2n) is 10.0. The van der Waals surface area contributed by atoms with E-state index in [2.05, 4.69) is 4.99 Å². The van der Waals surface area contributed by atoms with E-state index >= 15 is 0 Å². The quantitative estimate of drug-likeness (QED) is 0.226. The highest BCUT2D eigenvalue weighted by Crippen LogP contribution is 2.32. The second kappa shape index (κ2) is 12.8. The Balaban J connectivity index is 1.49. The SMILES string of the molecule is CCOc1ccc([C@@H]2C(C(=O)OC(C)C)=C(C)N=c3s/c(=C/c4ccc(OCc5ccc(Cl)cc5)cc4)c(=O)n32)cc1. The van der Waals surface area contributed by atoms with Gasteiger partial charge in [-0.1, -0.05) is 59.3 Å². The Morgan fingerprint density at radius 1 is 1.00 bits per heavy atom. The van der Waals surface area contributed by atoms with Gasteiger partial charge < -0.3 is 14.2 Å². The molecule has 0 saturated carbocycles. The Kier molecular flexibility index (Phi) is 8.94. The molecular weight excluding hydrogens is 572 g/mol. The highest BCUT2D eigenvalue weighted by atomic mass is 35.5. The molecule has 0 fully saturated rings. The maximum absolute atomic E-state index is 13.9. The minimum atomic E-state index is -0.686. The molecule has 0 radical (unpaired) electrons. The van der Waals surface area contributed by atoms with E-state index in [1.807, 2.05) is 85.8 Å². The molecule has 42 heavy (non-hydrogen) atoms. The van der Waals surface area contributed by atoms with Gasteiger partial charge in [0.2, 0.25) is 0 Å². The van der Waals surface area contributed by atoms with E-state index in [0.29, 0.717) is 50.3 Å². The molecule has 4 aromatic rings. The van der Waals surface area contributed by atoms with Gasteiger partial charge >= 0.3 is 5.97 Å². The Labute approximate surface area is 253 Å². The summed E-state index contributed by atoms with van der Waals surface area (Å²) in [5.41, 5.74) is 3.25. The van der Waals surface area contributed by atoms with Gasteiger partial charge in [0.05, 0.1) is 34.6 Å². The van der Waals surface area contributed by atoms with Gasteiger partial charge in [0.25, 0.3) is 5.56 Å². The standard InChI is InChI=1S/C33H31ClN2O5S/c1-5-39-26-16-10-24(11-17-26)30-29(32(38)41-20(2)3)21(4)35-33-36(30)31(37)28(42-33)18-22-8-14-27(15-9-22)40-19-23-6-12-25(34)13-7-23/h6-18,20,30H,5,19H2,1-4H3/b28-18+/t30-/m1/s1. The summed E-state index contributed by atoms with van der Waals surface area (Å²) in [6.07, 6.45) is 1.51. The topological polar surface area (TPSA) is 79.1 Å². The van der Waals surface area contributed by atoms with Crippen LogP contribution in [0.2, 0.25) is 5.02 Å². The first kappa shape index (κ1) is 29.4. The molecule has 0 unspecified atom stereocenters. The number of halogens is 1. The Hall–Kier alpha value is -4.14. The molecule has 2 heterocycles. The van der Waals surface area contributed by atoms with Gasteiger partial charge in [0.1, 0.15) is 18.1 Å². The summed E-state index contributed by atoms with van der Waals surface area (Å²) in [6.45, 7) is 8.24. The average molecular weight is 603 g/mol. The predicted molar refractivity (Wildman–Crippen MR) is 165 cm³/mol. The number of hydrogen-bond acceptors (Lipinski definition) is 7. The smallest absolute Gasteiger partial charge is 0.338 e. The van der Waals surface area contributed by atoms with Crippen LogP contribution in [0.15, 0.2) is 93.9 Å². The summed E-state index contributed by atoms with van der Waals surface area (Å²) in [6, 6.07) is 21.8. The van der Waals surface area contributed by atoms with Crippen molar-refractivity contribution >= 4 is 35.0 Å². The van der Waals surface area contributed by atoms with Crippen LogP contribution in [0, 0.1) is 0 Å². The van der Waals surface area contributed by atoms with Crippen LogP contribution in [0.25, 0.3) is 6.08 Å². The lowest BCUT2D eigenvalue weighted by atomic mass is 9.96. The van der Waals surface area contributed by atoms with Gasteiger partial charge in [0.15, 0.2) is 4.80 Å². The molecule has 5 rings (SSSR count). The van der Waals surface area contributed by atoms with E-state index in [9.17, 15) is 9.59 Å². The van der Waals surface area contributed by atoms with Crippen molar-refractivity contribution in [1.82, 2.24) is 4.57 Å². The lowest BCUT2D eigenvalue weighted by Crippen LogP contribution is -2.40. The van der Waals surface area contributed by atoms with Crippen molar-refractivity contribution in [1.29, 1.82) is 0 Å². The van der Waals surface area contributed by atoms with Gasteiger partial charge in [0, 0.05) is 5.02 Å². The number of fused-ring (bicyclic) bond motifs is 1. The third kappa shape index (κ3) is 6.50. The first-order chi connectivity index (χ1) is 20.2. The highest BCUT2D eigenvalue weighted by Gasteiger charge is 2.33. The van der Waals surface area contributed by atoms with Crippen molar-refractivity contribution < 1.29 is 19.0 Å². The van der Waals surface area contributed by atoms with Crippen LogP contribution in [-0.2, 0) is 16.1 Å². The maximum Gasteiger partial charge on any atom is 0.338 e. The molecule has 0 spiro atoms. The first-order valence-corrected chi connectivity index (χ1v) is 14.9. The van der Waals surface area contributed by atoms with Crippen molar-refractivity contribution in [2.45, 2.75) is 46.4 Å². The molecule has 1 aliphatic heterocycles. The number of ether oxygens (including phenoxy) is 3. The summed E-state index contributed by atoms with van der Waals surface area (Å²) in [5, 5.41) is 0.682. The van der Waals surface area contributed by atoms with Gasteiger partial charge in [-0.25, -0.2) is 9.79 Å². The Morgan fingerprint density at radius 3 is 2.29 bits per heavy atom. The van der Waals surface area contributed by atoms with Crippen LogP contribution >= 0.6 is 22.9 Å².